The lowest BCUT2D eigenvalue weighted by atomic mass is 9.90. The third kappa shape index (κ3) is 7.40. The topological polar surface area (TPSA) is 19.7 Å². The molecule has 0 aromatic carbocycles. The number of nitrogens with one attached hydrogen (secondary N) is 1. The van der Waals surface area contributed by atoms with E-state index in [2.05, 4.69) is 56.6 Å². The smallest absolute Gasteiger partial charge is 0.247 e. The van der Waals surface area contributed by atoms with Crippen molar-refractivity contribution in [2.45, 2.75) is 117 Å². The van der Waals surface area contributed by atoms with E-state index in [9.17, 15) is 0 Å². The summed E-state index contributed by atoms with van der Waals surface area (Å²) >= 11 is 0. The molecule has 0 radical (unpaired) electrons. The van der Waals surface area contributed by atoms with Crippen LogP contribution in [-0.2, 0) is 0 Å². The Morgan fingerprint density at radius 1 is 0.833 bits per heavy atom. The fraction of sp³-hybridized carbons (Fsp3) is 0.864. The quantitative estimate of drug-likeness (QED) is 0.281. The molecule has 0 aliphatic carbocycles. The molecule has 0 aliphatic rings. The predicted molar refractivity (Wildman–Crippen MR) is 105 cm³/mol. The minimum Gasteiger partial charge on any atom is -0.247 e. The lowest BCUT2D eigenvalue weighted by Crippen LogP contribution is -2.41. The number of rotatable bonds is 14. The third-order valence-electron chi connectivity index (χ3n) is 5.45. The second-order valence-electron chi connectivity index (χ2n) is 8.00. The molecule has 1 N–H and O–H groups in total. The summed E-state index contributed by atoms with van der Waals surface area (Å²) in [6.07, 6.45) is 19.5. The highest BCUT2D eigenvalue weighted by Gasteiger charge is 2.27. The molecule has 0 aliphatic heterocycles. The van der Waals surface area contributed by atoms with Gasteiger partial charge in [-0.3, -0.25) is 0 Å². The van der Waals surface area contributed by atoms with Crippen LogP contribution in [0.15, 0.2) is 12.4 Å². The van der Waals surface area contributed by atoms with Gasteiger partial charge < -0.3 is 0 Å². The van der Waals surface area contributed by atoms with Crippen molar-refractivity contribution in [3.8, 4) is 0 Å². The Kier molecular flexibility index (Phi) is 11.1. The maximum Gasteiger partial charge on any atom is 0.257 e. The van der Waals surface area contributed by atoms with Crippen molar-refractivity contribution < 1.29 is 4.57 Å². The van der Waals surface area contributed by atoms with E-state index in [0.29, 0.717) is 17.9 Å². The van der Waals surface area contributed by atoms with Gasteiger partial charge in [0.1, 0.15) is 12.4 Å². The minimum absolute atomic E-state index is 0.615. The molecular formula is C22H43N2+. The highest BCUT2D eigenvalue weighted by atomic mass is 15.1. The van der Waals surface area contributed by atoms with Crippen LogP contribution in [0.2, 0.25) is 0 Å². The van der Waals surface area contributed by atoms with E-state index in [0.717, 1.165) is 0 Å². The van der Waals surface area contributed by atoms with E-state index in [1.165, 1.54) is 76.5 Å². The van der Waals surface area contributed by atoms with Crippen molar-refractivity contribution in [2.75, 3.05) is 0 Å². The van der Waals surface area contributed by atoms with Gasteiger partial charge in [0.25, 0.3) is 5.82 Å². The number of imidazole rings is 1. The van der Waals surface area contributed by atoms with Gasteiger partial charge in [0.15, 0.2) is 0 Å². The van der Waals surface area contributed by atoms with Crippen LogP contribution < -0.4 is 4.57 Å². The molecule has 1 heterocycles. The zero-order valence-corrected chi connectivity index (χ0v) is 17.1. The number of hydrogen-bond donors (Lipinski definition) is 1. The molecule has 0 fully saturated rings. The standard InChI is InChI=1S/C22H42N2/c1-6-8-9-10-11-12-13-14-16-20(5)24-18-17-23-22(24)21(15-7-2)19(3)4/h17-21H,6-16H2,1-5H3/p+1. The Balaban J connectivity index is 2.37. The maximum absolute atomic E-state index is 3.55. The van der Waals surface area contributed by atoms with E-state index in [1.54, 1.807) is 0 Å². The molecule has 140 valence electrons. The molecule has 1 rings (SSSR count). The highest BCUT2D eigenvalue weighted by Crippen LogP contribution is 2.26. The first kappa shape index (κ1) is 21.3. The summed E-state index contributed by atoms with van der Waals surface area (Å²) in [5.74, 6) is 2.80. The number of unbranched alkanes of at least 4 members (excludes halogenated alkanes) is 7. The first-order valence-corrected chi connectivity index (χ1v) is 10.7. The van der Waals surface area contributed by atoms with Crippen molar-refractivity contribution >= 4 is 0 Å². The van der Waals surface area contributed by atoms with Crippen molar-refractivity contribution in [3.63, 3.8) is 0 Å². The van der Waals surface area contributed by atoms with Gasteiger partial charge in [-0.1, -0.05) is 79.1 Å². The van der Waals surface area contributed by atoms with Gasteiger partial charge in [-0.25, -0.2) is 9.55 Å². The van der Waals surface area contributed by atoms with E-state index in [-0.39, 0.29) is 0 Å². The van der Waals surface area contributed by atoms with Gasteiger partial charge in [0.2, 0.25) is 0 Å². The zero-order valence-electron chi connectivity index (χ0n) is 17.1. The fourth-order valence-electron chi connectivity index (χ4n) is 3.85. The minimum atomic E-state index is 0.615. The molecule has 0 saturated heterocycles. The van der Waals surface area contributed by atoms with Crippen LogP contribution in [-0.4, -0.2) is 4.98 Å². The molecule has 1 aromatic rings. The molecule has 1 aromatic heterocycles. The second kappa shape index (κ2) is 12.6. The fourth-order valence-corrected chi connectivity index (χ4v) is 3.85. The van der Waals surface area contributed by atoms with Crippen molar-refractivity contribution in [1.82, 2.24) is 4.98 Å². The molecule has 0 bridgehead atoms. The molecule has 2 unspecified atom stereocenters. The van der Waals surface area contributed by atoms with Gasteiger partial charge in [-0.2, -0.15) is 0 Å². The molecule has 24 heavy (non-hydrogen) atoms. The Hall–Kier alpha value is -0.790. The summed E-state index contributed by atoms with van der Waals surface area (Å²) < 4.78 is 2.52. The van der Waals surface area contributed by atoms with Gasteiger partial charge in [0.05, 0.1) is 12.0 Å². The first-order valence-electron chi connectivity index (χ1n) is 10.7. The predicted octanol–water partition coefficient (Wildman–Crippen LogP) is 6.93. The molecule has 2 atom stereocenters. The van der Waals surface area contributed by atoms with E-state index in [1.807, 2.05) is 0 Å². The van der Waals surface area contributed by atoms with E-state index in [4.69, 9.17) is 0 Å². The summed E-state index contributed by atoms with van der Waals surface area (Å²) in [5.41, 5.74) is 0. The van der Waals surface area contributed by atoms with Gasteiger partial charge in [-0.05, 0) is 32.1 Å². The lowest BCUT2D eigenvalue weighted by Gasteiger charge is -2.19. The van der Waals surface area contributed by atoms with Crippen molar-refractivity contribution in [3.05, 3.63) is 18.2 Å². The molecular weight excluding hydrogens is 292 g/mol. The maximum atomic E-state index is 3.55. The van der Waals surface area contributed by atoms with E-state index < -0.39 is 0 Å². The molecule has 0 saturated carbocycles. The summed E-state index contributed by atoms with van der Waals surface area (Å²) in [6, 6.07) is 0.615. The molecule has 2 heteroatoms. The number of H-pyrrole nitrogens is 1. The van der Waals surface area contributed by atoms with Gasteiger partial charge in [0, 0.05) is 0 Å². The summed E-state index contributed by atoms with van der Waals surface area (Å²) in [6.45, 7) is 11.7. The average molecular weight is 336 g/mol. The molecule has 0 spiro atoms. The van der Waals surface area contributed by atoms with Crippen LogP contribution in [0.4, 0.5) is 0 Å². The van der Waals surface area contributed by atoms with Crippen LogP contribution in [0.5, 0.6) is 0 Å². The second-order valence-corrected chi connectivity index (χ2v) is 8.00. The number of aromatic nitrogens is 2. The average Bonchev–Trinajstić information content (AvgIpc) is 3.03. The highest BCUT2D eigenvalue weighted by molar-refractivity contribution is 4.92. The van der Waals surface area contributed by atoms with Crippen LogP contribution in [0.3, 0.4) is 0 Å². The van der Waals surface area contributed by atoms with E-state index >= 15 is 0 Å². The number of hydrogen-bond acceptors (Lipinski definition) is 0. The number of nitrogens with zero attached hydrogens (tertiary/aromatic N) is 1. The monoisotopic (exact) mass is 335 g/mol. The SMILES string of the molecule is CCCCCCCCCCC(C)[n+]1cc[nH]c1C(CCC)C(C)C. The van der Waals surface area contributed by atoms with Gasteiger partial charge in [-0.15, -0.1) is 0 Å². The lowest BCUT2D eigenvalue weighted by molar-refractivity contribution is -0.727. The summed E-state index contributed by atoms with van der Waals surface area (Å²) in [7, 11) is 0. The van der Waals surface area contributed by atoms with Crippen LogP contribution in [0.25, 0.3) is 0 Å². The van der Waals surface area contributed by atoms with Crippen LogP contribution in [0.1, 0.15) is 123 Å². The van der Waals surface area contributed by atoms with Crippen molar-refractivity contribution in [1.29, 1.82) is 0 Å². The Labute approximate surface area is 151 Å². The van der Waals surface area contributed by atoms with Gasteiger partial charge >= 0.3 is 0 Å². The molecule has 2 nitrogen and oxygen atoms in total. The van der Waals surface area contributed by atoms with Crippen molar-refractivity contribution in [2.24, 2.45) is 5.92 Å². The van der Waals surface area contributed by atoms with Crippen LogP contribution >= 0.6 is 0 Å². The Morgan fingerprint density at radius 3 is 2.04 bits per heavy atom. The largest absolute Gasteiger partial charge is 0.257 e. The Morgan fingerprint density at radius 2 is 1.46 bits per heavy atom. The van der Waals surface area contributed by atoms with Crippen LogP contribution in [0, 0.1) is 5.92 Å². The zero-order chi connectivity index (χ0) is 17.8. The third-order valence-corrected chi connectivity index (χ3v) is 5.45. The molecule has 0 amide bonds. The summed E-state index contributed by atoms with van der Waals surface area (Å²) in [5, 5.41) is 0. The number of aromatic amines is 1. The Bertz CT molecular complexity index is 408. The first-order chi connectivity index (χ1) is 11.6. The summed E-state index contributed by atoms with van der Waals surface area (Å²) in [4.78, 5) is 3.55. The normalized spacial score (nSPS) is 14.2.